The third-order valence-electron chi connectivity index (χ3n) is 3.69. The van der Waals surface area contributed by atoms with Gasteiger partial charge in [-0.1, -0.05) is 18.2 Å². The van der Waals surface area contributed by atoms with Crippen LogP contribution >= 0.6 is 0 Å². The molecule has 96 valence electrons. The van der Waals surface area contributed by atoms with E-state index < -0.39 is 0 Å². The Morgan fingerprint density at radius 2 is 2.26 bits per heavy atom. The number of nitriles is 1. The van der Waals surface area contributed by atoms with E-state index in [1.54, 1.807) is 0 Å². The number of anilines is 1. The van der Waals surface area contributed by atoms with E-state index >= 15 is 0 Å². The third-order valence-corrected chi connectivity index (χ3v) is 3.69. The first-order valence-electron chi connectivity index (χ1n) is 6.47. The summed E-state index contributed by atoms with van der Waals surface area (Å²) in [6.07, 6.45) is 0.979. The fourth-order valence-corrected chi connectivity index (χ4v) is 2.61. The van der Waals surface area contributed by atoms with Crippen LogP contribution in [0.1, 0.15) is 12.0 Å². The van der Waals surface area contributed by atoms with E-state index in [-0.39, 0.29) is 6.61 Å². The summed E-state index contributed by atoms with van der Waals surface area (Å²) >= 11 is 0. The van der Waals surface area contributed by atoms with Gasteiger partial charge in [0.25, 0.3) is 0 Å². The van der Waals surface area contributed by atoms with Crippen LogP contribution in [0.25, 0.3) is 10.9 Å². The first-order valence-corrected chi connectivity index (χ1v) is 6.47. The summed E-state index contributed by atoms with van der Waals surface area (Å²) in [5.74, 6) is 1.16. The maximum Gasteiger partial charge on any atom is 0.130 e. The standard InChI is InChI=1S/C15H15N3O/c16-8-12-7-15(18-6-5-11(9-18)10-19)17-14-4-2-1-3-13(12)14/h1-4,7,11,19H,5-6,9-10H2. The van der Waals surface area contributed by atoms with Crippen molar-refractivity contribution >= 4 is 16.7 Å². The molecular weight excluding hydrogens is 238 g/mol. The van der Waals surface area contributed by atoms with Gasteiger partial charge >= 0.3 is 0 Å². The molecule has 1 aliphatic heterocycles. The molecule has 0 spiro atoms. The number of para-hydroxylation sites is 1. The fourth-order valence-electron chi connectivity index (χ4n) is 2.61. The molecule has 0 bridgehead atoms. The average Bonchev–Trinajstić information content (AvgIpc) is 2.95. The van der Waals surface area contributed by atoms with Gasteiger partial charge in [0.05, 0.1) is 17.1 Å². The Bertz CT molecular complexity index is 647. The summed E-state index contributed by atoms with van der Waals surface area (Å²) in [5.41, 5.74) is 1.51. The van der Waals surface area contributed by atoms with Crippen LogP contribution in [0.4, 0.5) is 5.82 Å². The Balaban J connectivity index is 2.04. The molecular formula is C15H15N3O. The van der Waals surface area contributed by atoms with E-state index in [2.05, 4.69) is 16.0 Å². The monoisotopic (exact) mass is 253 g/mol. The second kappa shape index (κ2) is 4.87. The molecule has 1 aliphatic rings. The van der Waals surface area contributed by atoms with Crippen molar-refractivity contribution < 1.29 is 5.11 Å². The maximum atomic E-state index is 9.26. The Hall–Kier alpha value is -2.12. The Labute approximate surface area is 111 Å². The zero-order chi connectivity index (χ0) is 13.2. The lowest BCUT2D eigenvalue weighted by atomic mass is 10.1. The lowest BCUT2D eigenvalue weighted by Crippen LogP contribution is -2.21. The van der Waals surface area contributed by atoms with Gasteiger partial charge in [-0.3, -0.25) is 0 Å². The van der Waals surface area contributed by atoms with Crippen molar-refractivity contribution in [1.29, 1.82) is 5.26 Å². The summed E-state index contributed by atoms with van der Waals surface area (Å²) in [6, 6.07) is 11.8. The molecule has 2 heterocycles. The Morgan fingerprint density at radius 1 is 1.42 bits per heavy atom. The predicted octanol–water partition coefficient (Wildman–Crippen LogP) is 1.93. The minimum absolute atomic E-state index is 0.217. The molecule has 1 aromatic carbocycles. The number of aliphatic hydroxyl groups is 1. The molecule has 1 saturated heterocycles. The lowest BCUT2D eigenvalue weighted by molar-refractivity contribution is 0.238. The molecule has 1 atom stereocenters. The van der Waals surface area contributed by atoms with Gasteiger partial charge in [-0.2, -0.15) is 5.26 Å². The smallest absolute Gasteiger partial charge is 0.130 e. The number of aromatic nitrogens is 1. The van der Waals surface area contributed by atoms with Crippen molar-refractivity contribution in [2.75, 3.05) is 24.6 Å². The van der Waals surface area contributed by atoms with Gasteiger partial charge < -0.3 is 10.0 Å². The largest absolute Gasteiger partial charge is 0.396 e. The number of aliphatic hydroxyl groups excluding tert-OH is 1. The van der Waals surface area contributed by atoms with Crippen LogP contribution in [-0.4, -0.2) is 29.8 Å². The van der Waals surface area contributed by atoms with E-state index in [1.165, 1.54) is 0 Å². The fraction of sp³-hybridized carbons (Fsp3) is 0.333. The van der Waals surface area contributed by atoms with Gasteiger partial charge in [-0.15, -0.1) is 0 Å². The highest BCUT2D eigenvalue weighted by atomic mass is 16.3. The minimum Gasteiger partial charge on any atom is -0.396 e. The van der Waals surface area contributed by atoms with E-state index in [1.807, 2.05) is 30.3 Å². The number of benzene rings is 1. The molecule has 4 nitrogen and oxygen atoms in total. The van der Waals surface area contributed by atoms with Crippen LogP contribution in [0.2, 0.25) is 0 Å². The summed E-state index contributed by atoms with van der Waals surface area (Å²) in [7, 11) is 0. The van der Waals surface area contributed by atoms with Crippen molar-refractivity contribution in [2.24, 2.45) is 5.92 Å². The van der Waals surface area contributed by atoms with Crippen molar-refractivity contribution in [1.82, 2.24) is 4.98 Å². The molecule has 1 unspecified atom stereocenters. The first kappa shape index (κ1) is 11.9. The second-order valence-electron chi connectivity index (χ2n) is 4.94. The molecule has 2 aromatic rings. The van der Waals surface area contributed by atoms with Crippen molar-refractivity contribution in [3.05, 3.63) is 35.9 Å². The molecule has 1 N–H and O–H groups in total. The molecule has 0 radical (unpaired) electrons. The molecule has 0 aliphatic carbocycles. The van der Waals surface area contributed by atoms with E-state index in [4.69, 9.17) is 0 Å². The average molecular weight is 253 g/mol. The summed E-state index contributed by atoms with van der Waals surface area (Å²) in [5, 5.41) is 19.4. The van der Waals surface area contributed by atoms with Gasteiger partial charge in [-0.05, 0) is 18.6 Å². The summed E-state index contributed by atoms with van der Waals surface area (Å²) in [6.45, 7) is 1.92. The topological polar surface area (TPSA) is 60.2 Å². The second-order valence-corrected chi connectivity index (χ2v) is 4.94. The summed E-state index contributed by atoms with van der Waals surface area (Å²) < 4.78 is 0. The number of rotatable bonds is 2. The normalized spacial score (nSPS) is 18.7. The molecule has 1 aromatic heterocycles. The summed E-state index contributed by atoms with van der Waals surface area (Å²) in [4.78, 5) is 6.77. The molecule has 1 fully saturated rings. The van der Waals surface area contributed by atoms with E-state index in [0.717, 1.165) is 36.2 Å². The van der Waals surface area contributed by atoms with Crippen LogP contribution in [0.15, 0.2) is 30.3 Å². The molecule has 0 amide bonds. The highest BCUT2D eigenvalue weighted by molar-refractivity contribution is 5.86. The number of pyridine rings is 1. The van der Waals surface area contributed by atoms with E-state index in [9.17, 15) is 10.4 Å². The van der Waals surface area contributed by atoms with Crippen LogP contribution in [0.5, 0.6) is 0 Å². The SMILES string of the molecule is N#Cc1cc(N2CCC(CO)C2)nc2ccccc12. The molecule has 3 rings (SSSR count). The predicted molar refractivity (Wildman–Crippen MR) is 73.9 cm³/mol. The zero-order valence-electron chi connectivity index (χ0n) is 10.6. The number of hydrogen-bond acceptors (Lipinski definition) is 4. The van der Waals surface area contributed by atoms with Crippen molar-refractivity contribution in [3.63, 3.8) is 0 Å². The van der Waals surface area contributed by atoms with Gasteiger partial charge in [0, 0.05) is 31.0 Å². The molecule has 0 saturated carbocycles. The number of nitrogens with zero attached hydrogens (tertiary/aromatic N) is 3. The number of hydrogen-bond donors (Lipinski definition) is 1. The first-order chi connectivity index (χ1) is 9.31. The Kier molecular flexibility index (Phi) is 3.06. The van der Waals surface area contributed by atoms with Crippen molar-refractivity contribution in [2.45, 2.75) is 6.42 Å². The van der Waals surface area contributed by atoms with Crippen LogP contribution in [0.3, 0.4) is 0 Å². The van der Waals surface area contributed by atoms with Crippen LogP contribution in [0, 0.1) is 17.2 Å². The highest BCUT2D eigenvalue weighted by Gasteiger charge is 2.23. The highest BCUT2D eigenvalue weighted by Crippen LogP contribution is 2.26. The molecule has 4 heteroatoms. The zero-order valence-corrected chi connectivity index (χ0v) is 10.6. The maximum absolute atomic E-state index is 9.26. The number of fused-ring (bicyclic) bond motifs is 1. The van der Waals surface area contributed by atoms with E-state index in [0.29, 0.717) is 11.5 Å². The Morgan fingerprint density at radius 3 is 3.00 bits per heavy atom. The van der Waals surface area contributed by atoms with Gasteiger partial charge in [0.2, 0.25) is 0 Å². The van der Waals surface area contributed by atoms with Gasteiger partial charge in [0.15, 0.2) is 0 Å². The quantitative estimate of drug-likeness (QED) is 0.888. The third kappa shape index (κ3) is 2.13. The lowest BCUT2D eigenvalue weighted by Gasteiger charge is -2.18. The minimum atomic E-state index is 0.217. The molecule has 19 heavy (non-hydrogen) atoms. The van der Waals surface area contributed by atoms with Gasteiger partial charge in [0.1, 0.15) is 5.82 Å². The van der Waals surface area contributed by atoms with Crippen LogP contribution < -0.4 is 4.90 Å². The van der Waals surface area contributed by atoms with Crippen LogP contribution in [-0.2, 0) is 0 Å². The van der Waals surface area contributed by atoms with Crippen molar-refractivity contribution in [3.8, 4) is 6.07 Å². The van der Waals surface area contributed by atoms with Gasteiger partial charge in [-0.25, -0.2) is 4.98 Å².